The second-order valence-electron chi connectivity index (χ2n) is 10.9. The van der Waals surface area contributed by atoms with E-state index in [1.54, 1.807) is 45.2 Å². The van der Waals surface area contributed by atoms with Gasteiger partial charge in [0.25, 0.3) is 5.91 Å². The van der Waals surface area contributed by atoms with Crippen molar-refractivity contribution < 1.29 is 28.6 Å². The van der Waals surface area contributed by atoms with E-state index in [0.29, 0.717) is 41.6 Å². The molecule has 0 aliphatic carbocycles. The van der Waals surface area contributed by atoms with Crippen LogP contribution in [0, 0.1) is 0 Å². The first-order valence-electron chi connectivity index (χ1n) is 14.2. The number of benzene rings is 3. The lowest BCUT2D eigenvalue weighted by atomic mass is 10.1. The quantitative estimate of drug-likeness (QED) is 0.283. The molecule has 226 valence electrons. The van der Waals surface area contributed by atoms with Crippen LogP contribution in [0.1, 0.15) is 40.9 Å². The fraction of sp³-hybridized carbons (Fsp3) is 0.344. The summed E-state index contributed by atoms with van der Waals surface area (Å²) in [6.45, 7) is 4.22. The minimum Gasteiger partial charge on any atom is -0.493 e. The Hall–Kier alpha value is -4.61. The van der Waals surface area contributed by atoms with E-state index in [0.717, 1.165) is 28.8 Å². The minimum atomic E-state index is -0.785. The van der Waals surface area contributed by atoms with Gasteiger partial charge in [0.05, 0.1) is 37.1 Å². The number of para-hydroxylation sites is 1. The molecule has 5 N–H and O–H groups in total. The molecule has 11 nitrogen and oxygen atoms in total. The van der Waals surface area contributed by atoms with Gasteiger partial charge in [-0.15, -0.1) is 0 Å². The van der Waals surface area contributed by atoms with Crippen LogP contribution in [0.2, 0.25) is 0 Å². The number of carbonyl (C=O) groups is 3. The number of amides is 3. The SMILES string of the molecule is COCc1cc(COc2cc3c(cc2OC)C(=O)N2c4ccccc4C[C@H]2CN3)cc(NC(=O)[C@@H](C)NC(=O)[C@H](C)N)c1. The van der Waals surface area contributed by atoms with Gasteiger partial charge in [-0.2, -0.15) is 0 Å². The minimum absolute atomic E-state index is 0.0135. The maximum atomic E-state index is 13.7. The van der Waals surface area contributed by atoms with E-state index >= 15 is 0 Å². The first-order chi connectivity index (χ1) is 20.7. The Kier molecular flexibility index (Phi) is 8.84. The van der Waals surface area contributed by atoms with E-state index < -0.39 is 18.0 Å². The summed E-state index contributed by atoms with van der Waals surface area (Å²) in [4.78, 5) is 40.3. The highest BCUT2D eigenvalue weighted by molar-refractivity contribution is 6.12. The maximum Gasteiger partial charge on any atom is 0.260 e. The lowest BCUT2D eigenvalue weighted by Crippen LogP contribution is -2.47. The average Bonchev–Trinajstić information content (AvgIpc) is 3.30. The third-order valence-corrected chi connectivity index (χ3v) is 7.54. The van der Waals surface area contributed by atoms with Crippen molar-refractivity contribution in [3.63, 3.8) is 0 Å². The second-order valence-corrected chi connectivity index (χ2v) is 10.9. The molecule has 0 saturated heterocycles. The highest BCUT2D eigenvalue weighted by atomic mass is 16.5. The number of hydrogen-bond acceptors (Lipinski definition) is 8. The molecule has 0 unspecified atom stereocenters. The summed E-state index contributed by atoms with van der Waals surface area (Å²) < 4.78 is 17.2. The van der Waals surface area contributed by atoms with E-state index in [1.807, 2.05) is 29.2 Å². The zero-order valence-electron chi connectivity index (χ0n) is 24.7. The largest absolute Gasteiger partial charge is 0.493 e. The van der Waals surface area contributed by atoms with Crippen molar-refractivity contribution in [2.45, 2.75) is 51.6 Å². The number of carbonyl (C=O) groups excluding carboxylic acids is 3. The van der Waals surface area contributed by atoms with Crippen LogP contribution in [-0.4, -0.2) is 56.6 Å². The number of nitrogens with zero attached hydrogens (tertiary/aromatic N) is 1. The average molecular weight is 588 g/mol. The van der Waals surface area contributed by atoms with E-state index in [2.05, 4.69) is 22.0 Å². The highest BCUT2D eigenvalue weighted by Gasteiger charge is 2.37. The molecule has 0 aromatic heterocycles. The molecule has 3 aromatic carbocycles. The second kappa shape index (κ2) is 12.7. The first-order valence-corrected chi connectivity index (χ1v) is 14.2. The van der Waals surface area contributed by atoms with Crippen molar-refractivity contribution in [1.82, 2.24) is 5.32 Å². The number of nitrogens with two attached hydrogens (primary N) is 1. The lowest BCUT2D eigenvalue weighted by Gasteiger charge is -2.22. The number of methoxy groups -OCH3 is 2. The third kappa shape index (κ3) is 6.42. The van der Waals surface area contributed by atoms with Crippen molar-refractivity contribution >= 4 is 34.8 Å². The van der Waals surface area contributed by atoms with Crippen LogP contribution in [-0.2, 0) is 34.0 Å². The van der Waals surface area contributed by atoms with Crippen molar-refractivity contribution in [2.75, 3.05) is 36.3 Å². The predicted molar refractivity (Wildman–Crippen MR) is 164 cm³/mol. The van der Waals surface area contributed by atoms with E-state index in [-0.39, 0.29) is 24.5 Å². The third-order valence-electron chi connectivity index (χ3n) is 7.54. The fourth-order valence-electron chi connectivity index (χ4n) is 5.40. The van der Waals surface area contributed by atoms with Gasteiger partial charge < -0.3 is 40.8 Å². The van der Waals surface area contributed by atoms with Crippen LogP contribution in [0.3, 0.4) is 0 Å². The molecule has 2 aliphatic heterocycles. The van der Waals surface area contributed by atoms with Gasteiger partial charge in [-0.3, -0.25) is 14.4 Å². The van der Waals surface area contributed by atoms with E-state index in [9.17, 15) is 14.4 Å². The molecule has 2 heterocycles. The Morgan fingerprint density at radius 1 is 1.02 bits per heavy atom. The van der Waals surface area contributed by atoms with Crippen molar-refractivity contribution in [2.24, 2.45) is 5.73 Å². The monoisotopic (exact) mass is 587 g/mol. The Bertz CT molecular complexity index is 1540. The summed E-state index contributed by atoms with van der Waals surface area (Å²) in [6, 6.07) is 15.5. The Balaban J connectivity index is 1.35. The molecule has 0 saturated carbocycles. The Labute approximate surface area is 250 Å². The van der Waals surface area contributed by atoms with Crippen LogP contribution < -0.4 is 36.1 Å². The first kappa shape index (κ1) is 29.9. The zero-order chi connectivity index (χ0) is 30.7. The van der Waals surface area contributed by atoms with Crippen LogP contribution in [0.5, 0.6) is 11.5 Å². The molecule has 5 rings (SSSR count). The van der Waals surface area contributed by atoms with Gasteiger partial charge in [0.1, 0.15) is 12.6 Å². The number of rotatable bonds is 10. The Morgan fingerprint density at radius 2 is 1.77 bits per heavy atom. The topological polar surface area (TPSA) is 144 Å². The predicted octanol–water partition coefficient (Wildman–Crippen LogP) is 3.21. The highest BCUT2D eigenvalue weighted by Crippen LogP contribution is 2.40. The van der Waals surface area contributed by atoms with Crippen molar-refractivity contribution in [3.8, 4) is 11.5 Å². The molecule has 43 heavy (non-hydrogen) atoms. The van der Waals surface area contributed by atoms with Gasteiger partial charge in [0.15, 0.2) is 11.5 Å². The molecule has 0 radical (unpaired) electrons. The Morgan fingerprint density at radius 3 is 2.49 bits per heavy atom. The molecule has 3 amide bonds. The van der Waals surface area contributed by atoms with Gasteiger partial charge in [-0.25, -0.2) is 0 Å². The van der Waals surface area contributed by atoms with E-state index in [1.165, 1.54) is 7.11 Å². The number of ether oxygens (including phenoxy) is 3. The molecule has 3 aromatic rings. The molecular formula is C32H37N5O6. The van der Waals surface area contributed by atoms with E-state index in [4.69, 9.17) is 19.9 Å². The number of anilines is 3. The molecule has 11 heteroatoms. The van der Waals surface area contributed by atoms with Gasteiger partial charge in [-0.1, -0.05) is 18.2 Å². The fourth-order valence-corrected chi connectivity index (χ4v) is 5.40. The van der Waals surface area contributed by atoms with Gasteiger partial charge >= 0.3 is 0 Å². The normalized spacial score (nSPS) is 16.5. The van der Waals surface area contributed by atoms with Crippen molar-refractivity contribution in [3.05, 3.63) is 76.9 Å². The molecule has 3 atom stereocenters. The number of hydrogen-bond donors (Lipinski definition) is 4. The van der Waals surface area contributed by atoms with Gasteiger partial charge in [0.2, 0.25) is 11.8 Å². The van der Waals surface area contributed by atoms with Crippen LogP contribution >= 0.6 is 0 Å². The molecular weight excluding hydrogens is 550 g/mol. The lowest BCUT2D eigenvalue weighted by molar-refractivity contribution is -0.126. The molecule has 0 fully saturated rings. The van der Waals surface area contributed by atoms with Crippen LogP contribution in [0.15, 0.2) is 54.6 Å². The number of nitrogens with one attached hydrogen (secondary N) is 3. The number of fused-ring (bicyclic) bond motifs is 4. The smallest absolute Gasteiger partial charge is 0.260 e. The summed E-state index contributed by atoms with van der Waals surface area (Å²) >= 11 is 0. The zero-order valence-corrected chi connectivity index (χ0v) is 24.7. The summed E-state index contributed by atoms with van der Waals surface area (Å²) in [6.07, 6.45) is 0.789. The van der Waals surface area contributed by atoms with Crippen LogP contribution in [0.4, 0.5) is 17.1 Å². The summed E-state index contributed by atoms with van der Waals surface area (Å²) in [5.41, 5.74) is 11.0. The van der Waals surface area contributed by atoms with Crippen molar-refractivity contribution in [1.29, 1.82) is 0 Å². The molecule has 0 spiro atoms. The maximum absolute atomic E-state index is 13.7. The summed E-state index contributed by atoms with van der Waals surface area (Å²) in [7, 11) is 3.13. The molecule has 0 bridgehead atoms. The summed E-state index contributed by atoms with van der Waals surface area (Å²) in [5, 5.41) is 8.87. The summed E-state index contributed by atoms with van der Waals surface area (Å²) in [5.74, 6) is 0.0144. The standard InChI is InChI=1S/C32H37N5O6/c1-18(33)30(38)35-19(2)31(39)36-23-10-20(16-41-3)9-21(11-23)17-43-29-14-26-25(13-28(29)42-4)32(40)37-24(15-34-26)12-22-7-5-6-8-27(22)37/h5-11,13-14,18-19,24,34H,12,15-17,33H2,1-4H3,(H,35,38)(H,36,39)/t18-,19+,24-/m0/s1. The molecule has 2 aliphatic rings. The van der Waals surface area contributed by atoms with Crippen LogP contribution in [0.25, 0.3) is 0 Å². The van der Waals surface area contributed by atoms with Gasteiger partial charge in [0, 0.05) is 31.1 Å². The van der Waals surface area contributed by atoms with Gasteiger partial charge in [-0.05, 0) is 67.3 Å².